The lowest BCUT2D eigenvalue weighted by atomic mass is 9.86. The van der Waals surface area contributed by atoms with Crippen LogP contribution >= 0.6 is 0 Å². The Hall–Kier alpha value is -3.20. The molecule has 1 aromatic heterocycles. The van der Waals surface area contributed by atoms with Crippen LogP contribution in [0.4, 0.5) is 27.5 Å². The van der Waals surface area contributed by atoms with Crippen molar-refractivity contribution in [2.75, 3.05) is 48.8 Å². The van der Waals surface area contributed by atoms with E-state index in [4.69, 9.17) is 0 Å². The Morgan fingerprint density at radius 1 is 1.11 bits per heavy atom. The van der Waals surface area contributed by atoms with Crippen LogP contribution in [-0.4, -0.2) is 66.1 Å². The molecule has 0 spiro atoms. The molecule has 9 heteroatoms. The van der Waals surface area contributed by atoms with Crippen molar-refractivity contribution in [2.24, 2.45) is 17.8 Å². The maximum absolute atomic E-state index is 14.8. The van der Waals surface area contributed by atoms with E-state index in [9.17, 15) is 9.18 Å². The van der Waals surface area contributed by atoms with Crippen LogP contribution < -0.4 is 20.9 Å². The third-order valence-corrected chi connectivity index (χ3v) is 8.56. The minimum Gasteiger partial charge on any atom is -0.369 e. The van der Waals surface area contributed by atoms with Crippen molar-refractivity contribution in [2.45, 2.75) is 44.7 Å². The Morgan fingerprint density at radius 3 is 2.62 bits per heavy atom. The zero-order valence-electron chi connectivity index (χ0n) is 21.6. The van der Waals surface area contributed by atoms with Gasteiger partial charge in [0.05, 0.1) is 12.1 Å². The number of aromatic nitrogens is 2. The summed E-state index contributed by atoms with van der Waals surface area (Å²) in [4.78, 5) is 26.5. The summed E-state index contributed by atoms with van der Waals surface area (Å²) in [7, 11) is 2.15. The fourth-order valence-corrected chi connectivity index (χ4v) is 6.18. The molecule has 3 aliphatic carbocycles. The van der Waals surface area contributed by atoms with Crippen LogP contribution in [0.15, 0.2) is 36.5 Å². The summed E-state index contributed by atoms with van der Waals surface area (Å²) in [5.41, 5.74) is 3.26. The van der Waals surface area contributed by atoms with E-state index in [0.29, 0.717) is 5.95 Å². The van der Waals surface area contributed by atoms with E-state index in [-0.39, 0.29) is 41.6 Å². The van der Waals surface area contributed by atoms with Crippen LogP contribution in [0.25, 0.3) is 0 Å². The Balaban J connectivity index is 1.16. The van der Waals surface area contributed by atoms with Crippen LogP contribution in [0.5, 0.6) is 0 Å². The van der Waals surface area contributed by atoms with Crippen LogP contribution in [0, 0.1) is 30.5 Å². The highest BCUT2D eigenvalue weighted by Gasteiger charge is 2.49. The summed E-state index contributed by atoms with van der Waals surface area (Å²) < 4.78 is 14.8. The Morgan fingerprint density at radius 2 is 1.89 bits per heavy atom. The van der Waals surface area contributed by atoms with Gasteiger partial charge in [-0.2, -0.15) is 4.98 Å². The number of halogens is 1. The molecule has 1 amide bonds. The van der Waals surface area contributed by atoms with Crippen molar-refractivity contribution in [3.05, 3.63) is 47.9 Å². The van der Waals surface area contributed by atoms with E-state index in [1.807, 2.05) is 6.07 Å². The molecule has 1 saturated heterocycles. The number of hydrogen-bond donors (Lipinski definition) is 3. The third-order valence-electron chi connectivity index (χ3n) is 8.56. The van der Waals surface area contributed by atoms with Gasteiger partial charge in [-0.25, -0.2) is 9.37 Å². The average Bonchev–Trinajstić information content (AvgIpc) is 3.46. The molecule has 1 aliphatic heterocycles. The molecule has 6 rings (SSSR count). The summed E-state index contributed by atoms with van der Waals surface area (Å²) >= 11 is 0. The second-order valence-corrected chi connectivity index (χ2v) is 11.1. The molecule has 2 saturated carbocycles. The Labute approximate surface area is 217 Å². The predicted octanol–water partition coefficient (Wildman–Crippen LogP) is 3.69. The molecule has 3 fully saturated rings. The summed E-state index contributed by atoms with van der Waals surface area (Å²) in [6.07, 6.45) is 9.66. The highest BCUT2D eigenvalue weighted by Crippen LogP contribution is 2.45. The van der Waals surface area contributed by atoms with Gasteiger partial charge in [0.25, 0.3) is 0 Å². The fourth-order valence-electron chi connectivity index (χ4n) is 6.18. The molecule has 2 heterocycles. The number of likely N-dealkylation sites (N-methyl/N-ethyl adjacent to an activating group) is 1. The summed E-state index contributed by atoms with van der Waals surface area (Å²) in [6.45, 7) is 6.24. The molecule has 1 aromatic carbocycles. The van der Waals surface area contributed by atoms with Gasteiger partial charge < -0.3 is 25.8 Å². The van der Waals surface area contributed by atoms with Gasteiger partial charge in [0.1, 0.15) is 0 Å². The lowest BCUT2D eigenvalue weighted by Gasteiger charge is -2.35. The molecular formula is C28H36FN7O. The van der Waals surface area contributed by atoms with Crippen molar-refractivity contribution >= 4 is 29.0 Å². The molecule has 4 atom stereocenters. The highest BCUT2D eigenvalue weighted by molar-refractivity contribution is 5.82. The summed E-state index contributed by atoms with van der Waals surface area (Å²) in [5, 5.41) is 9.72. The number of fused-ring (bicyclic) bond motifs is 2. The van der Waals surface area contributed by atoms with Gasteiger partial charge in [-0.15, -0.1) is 0 Å². The number of nitrogens with one attached hydrogen (secondary N) is 3. The molecule has 3 N–H and O–H groups in total. The number of hydrogen-bond acceptors (Lipinski definition) is 7. The van der Waals surface area contributed by atoms with Gasteiger partial charge in [-0.05, 0) is 75.3 Å². The van der Waals surface area contributed by atoms with E-state index in [1.165, 1.54) is 23.9 Å². The molecule has 0 radical (unpaired) electrons. The van der Waals surface area contributed by atoms with Gasteiger partial charge in [0.15, 0.2) is 11.6 Å². The number of nitrogens with zero attached hydrogens (tertiary/aromatic N) is 4. The molecule has 2 bridgehead atoms. The number of benzene rings is 1. The third kappa shape index (κ3) is 4.89. The maximum atomic E-state index is 14.8. The van der Waals surface area contributed by atoms with Crippen LogP contribution in [0.3, 0.4) is 0 Å². The van der Waals surface area contributed by atoms with E-state index < -0.39 is 5.82 Å². The highest BCUT2D eigenvalue weighted by atomic mass is 19.1. The van der Waals surface area contributed by atoms with Crippen molar-refractivity contribution < 1.29 is 9.18 Å². The lowest BCUT2D eigenvalue weighted by Crippen LogP contribution is -2.48. The molecule has 0 unspecified atom stereocenters. The summed E-state index contributed by atoms with van der Waals surface area (Å²) in [6, 6.07) is 6.32. The normalized spacial score (nSPS) is 27.3. The van der Waals surface area contributed by atoms with E-state index in [2.05, 4.69) is 74.0 Å². The van der Waals surface area contributed by atoms with Crippen LogP contribution in [0.1, 0.15) is 31.2 Å². The SMILES string of the molecule is Cc1cc(Nc2ncc(F)c(N[C@H]3[C@@H](C(=O)NC4CCC4)[C@@H]4C=C[C@H]3C4)n2)ccc1N1CCN(C)CC1. The Bertz CT molecular complexity index is 1190. The van der Waals surface area contributed by atoms with Gasteiger partial charge in [-0.1, -0.05) is 12.2 Å². The zero-order chi connectivity index (χ0) is 25.5. The first kappa shape index (κ1) is 24.2. The number of rotatable bonds is 7. The molecular weight excluding hydrogens is 469 g/mol. The number of piperazine rings is 1. The maximum Gasteiger partial charge on any atom is 0.229 e. The van der Waals surface area contributed by atoms with Gasteiger partial charge in [0.2, 0.25) is 11.9 Å². The minimum absolute atomic E-state index is 0.0720. The van der Waals surface area contributed by atoms with Crippen molar-refractivity contribution in [3.8, 4) is 0 Å². The number of allylic oxidation sites excluding steroid dienone is 1. The quantitative estimate of drug-likeness (QED) is 0.495. The smallest absolute Gasteiger partial charge is 0.229 e. The van der Waals surface area contributed by atoms with Crippen molar-refractivity contribution in [1.82, 2.24) is 20.2 Å². The van der Waals surface area contributed by atoms with Crippen molar-refractivity contribution in [1.29, 1.82) is 0 Å². The lowest BCUT2D eigenvalue weighted by molar-refractivity contribution is -0.127. The number of amides is 1. The standard InChI is InChI=1S/C28H36FN7O/c1-17-14-21(8-9-23(17)36-12-10-35(2)11-13-36)32-28-30-16-22(29)26(34-28)33-25-19-7-6-18(15-19)24(25)27(37)31-20-4-3-5-20/h6-9,14,16,18-20,24-25H,3-5,10-13,15H2,1-2H3,(H,31,37)(H2,30,32,33,34)/t18-,19+,24+,25-/m1/s1. The average molecular weight is 506 g/mol. The van der Waals surface area contributed by atoms with E-state index >= 15 is 0 Å². The van der Waals surface area contributed by atoms with E-state index in [1.54, 1.807) is 0 Å². The van der Waals surface area contributed by atoms with Gasteiger partial charge in [-0.3, -0.25) is 4.79 Å². The van der Waals surface area contributed by atoms with Crippen LogP contribution in [0.2, 0.25) is 0 Å². The minimum atomic E-state index is -0.517. The molecule has 4 aliphatic rings. The van der Waals surface area contributed by atoms with Crippen LogP contribution in [-0.2, 0) is 4.79 Å². The monoisotopic (exact) mass is 505 g/mol. The van der Waals surface area contributed by atoms with E-state index in [0.717, 1.165) is 51.1 Å². The second kappa shape index (κ2) is 9.93. The first-order valence-electron chi connectivity index (χ1n) is 13.5. The van der Waals surface area contributed by atoms with Gasteiger partial charge >= 0.3 is 0 Å². The first-order chi connectivity index (χ1) is 17.9. The number of aryl methyl sites for hydroxylation is 1. The zero-order valence-corrected chi connectivity index (χ0v) is 21.6. The molecule has 196 valence electrons. The predicted molar refractivity (Wildman–Crippen MR) is 144 cm³/mol. The Kier molecular flexibility index (Phi) is 6.48. The summed E-state index contributed by atoms with van der Waals surface area (Å²) in [5.74, 6) is 0.177. The fraction of sp³-hybridized carbons (Fsp3) is 0.536. The topological polar surface area (TPSA) is 85.4 Å². The molecule has 37 heavy (non-hydrogen) atoms. The van der Waals surface area contributed by atoms with Gasteiger partial charge in [0, 0.05) is 49.6 Å². The number of carbonyl (C=O) groups is 1. The van der Waals surface area contributed by atoms with Crippen molar-refractivity contribution in [3.63, 3.8) is 0 Å². The molecule has 8 nitrogen and oxygen atoms in total. The molecule has 2 aromatic rings. The first-order valence-corrected chi connectivity index (χ1v) is 13.5. The number of anilines is 4. The largest absolute Gasteiger partial charge is 0.369 e. The second-order valence-electron chi connectivity index (χ2n) is 11.1. The number of carbonyl (C=O) groups excluding carboxylic acids is 1.